The monoisotopic (exact) mass is 251 g/mol. The fraction of sp³-hybridized carbons (Fsp3) is 0.500. The second kappa shape index (κ2) is 4.21. The third kappa shape index (κ3) is 1.85. The van der Waals surface area contributed by atoms with Crippen LogP contribution in [-0.2, 0) is 14.3 Å². The van der Waals surface area contributed by atoms with Crippen LogP contribution in [0.2, 0.25) is 0 Å². The van der Waals surface area contributed by atoms with Crippen molar-refractivity contribution in [3.8, 4) is 0 Å². The van der Waals surface area contributed by atoms with E-state index >= 15 is 0 Å². The van der Waals surface area contributed by atoms with Crippen molar-refractivity contribution in [2.75, 3.05) is 6.61 Å². The van der Waals surface area contributed by atoms with Gasteiger partial charge in [-0.1, -0.05) is 6.92 Å². The smallest absolute Gasteiger partial charge is 0.341 e. The van der Waals surface area contributed by atoms with Crippen molar-refractivity contribution >= 4 is 5.97 Å². The number of esters is 1. The van der Waals surface area contributed by atoms with E-state index in [1.54, 1.807) is 20.8 Å². The molecule has 2 aliphatic rings. The third-order valence-electron chi connectivity index (χ3n) is 2.43. The second-order valence-corrected chi connectivity index (χ2v) is 4.07. The minimum atomic E-state index is -1.02. The number of carbonyl (C=O) groups excluding carboxylic acids is 1. The van der Waals surface area contributed by atoms with E-state index in [-0.39, 0.29) is 23.6 Å². The summed E-state index contributed by atoms with van der Waals surface area (Å²) >= 11 is 0. The van der Waals surface area contributed by atoms with Crippen LogP contribution < -0.4 is 5.11 Å². The summed E-state index contributed by atoms with van der Waals surface area (Å²) in [5.74, 6) is -1.42. The number of carbonyl (C=O) groups is 1. The maximum absolute atomic E-state index is 11.8. The highest BCUT2D eigenvalue weighted by Crippen LogP contribution is 2.40. The van der Waals surface area contributed by atoms with E-state index in [0.717, 1.165) is 0 Å². The fourth-order valence-electron chi connectivity index (χ4n) is 1.75. The maximum atomic E-state index is 11.8. The molecule has 18 heavy (non-hydrogen) atoms. The largest absolute Gasteiger partial charge is 0.613 e. The predicted molar refractivity (Wildman–Crippen MR) is 55.6 cm³/mol. The summed E-state index contributed by atoms with van der Waals surface area (Å²) in [4.78, 5) is 11.7. The van der Waals surface area contributed by atoms with Crippen molar-refractivity contribution in [2.24, 2.45) is 20.7 Å². The third-order valence-corrected chi connectivity index (χ3v) is 2.43. The molecule has 96 valence electrons. The number of nitrogens with zero attached hydrogens (tertiary/aromatic N) is 4. The molecule has 0 unspecified atom stereocenters. The van der Waals surface area contributed by atoms with Gasteiger partial charge in [0.05, 0.1) is 17.1 Å². The number of hydrogen-bond donors (Lipinski definition) is 0. The fourth-order valence-corrected chi connectivity index (χ4v) is 1.75. The Morgan fingerprint density at radius 3 is 2.56 bits per heavy atom. The lowest BCUT2D eigenvalue weighted by Crippen LogP contribution is -2.22. The summed E-state index contributed by atoms with van der Waals surface area (Å²) in [5, 5.41) is 25.7. The van der Waals surface area contributed by atoms with E-state index in [4.69, 9.17) is 9.47 Å². The molecule has 0 atom stereocenters. The summed E-state index contributed by atoms with van der Waals surface area (Å²) in [6, 6.07) is 0. The summed E-state index contributed by atoms with van der Waals surface area (Å²) in [5.41, 5.74) is -0.968. The Balaban J connectivity index is 2.61. The number of cyclic esters (lactones) is 1. The van der Waals surface area contributed by atoms with Gasteiger partial charge in [-0.05, 0) is 30.9 Å². The molecule has 0 saturated carbocycles. The van der Waals surface area contributed by atoms with Crippen molar-refractivity contribution in [1.82, 2.24) is 0 Å². The average molecular weight is 251 g/mol. The lowest BCUT2D eigenvalue weighted by molar-refractivity contribution is -0.357. The predicted octanol–water partition coefficient (Wildman–Crippen LogP) is 0.975. The van der Waals surface area contributed by atoms with Gasteiger partial charge in [-0.3, -0.25) is 0 Å². The van der Waals surface area contributed by atoms with Crippen LogP contribution in [0.4, 0.5) is 0 Å². The van der Waals surface area contributed by atoms with Gasteiger partial charge in [-0.25, -0.2) is 4.79 Å². The molecule has 0 aromatic rings. The number of ether oxygens (including phenoxy) is 2. The molecule has 1 fully saturated rings. The minimum absolute atomic E-state index is 0.0916. The molecule has 2 rings (SSSR count). The van der Waals surface area contributed by atoms with Crippen molar-refractivity contribution in [3.63, 3.8) is 0 Å². The van der Waals surface area contributed by atoms with Crippen LogP contribution in [0.25, 0.3) is 0 Å². The molecule has 8 heteroatoms. The first-order valence-electron chi connectivity index (χ1n) is 5.31. The van der Waals surface area contributed by atoms with Gasteiger partial charge >= 0.3 is 5.97 Å². The molecule has 0 aliphatic carbocycles. The summed E-state index contributed by atoms with van der Waals surface area (Å²) in [7, 11) is 0. The van der Waals surface area contributed by atoms with Crippen molar-refractivity contribution in [1.29, 1.82) is 0 Å². The second-order valence-electron chi connectivity index (χ2n) is 4.07. The van der Waals surface area contributed by atoms with E-state index in [0.29, 0.717) is 0 Å². The van der Waals surface area contributed by atoms with Gasteiger partial charge in [0, 0.05) is 0 Å². The quantitative estimate of drug-likeness (QED) is 0.414. The maximum Gasteiger partial charge on any atom is 0.341 e. The Hall–Kier alpha value is -2.25. The topological polar surface area (TPSA) is 108 Å². The molecular formula is C10H11N4O4-. The summed E-state index contributed by atoms with van der Waals surface area (Å²) < 4.78 is 9.94. The van der Waals surface area contributed by atoms with Gasteiger partial charge in [0.15, 0.2) is 0 Å². The van der Waals surface area contributed by atoms with Gasteiger partial charge in [0.25, 0.3) is 0 Å². The first-order valence-corrected chi connectivity index (χ1v) is 5.31. The number of rotatable bonds is 2. The molecule has 0 amide bonds. The van der Waals surface area contributed by atoms with Crippen molar-refractivity contribution in [3.05, 3.63) is 22.9 Å². The lowest BCUT2D eigenvalue weighted by Gasteiger charge is -2.19. The van der Waals surface area contributed by atoms with E-state index in [1.165, 1.54) is 0 Å². The Bertz CT molecular complexity index is 502. The first kappa shape index (κ1) is 12.2. The normalized spacial score (nSPS) is 23.6. The van der Waals surface area contributed by atoms with Gasteiger partial charge in [0.2, 0.25) is 5.82 Å². The van der Waals surface area contributed by atoms with Crippen LogP contribution in [0.5, 0.6) is 0 Å². The minimum Gasteiger partial charge on any atom is -0.613 e. The molecular weight excluding hydrogens is 240 g/mol. The van der Waals surface area contributed by atoms with E-state index < -0.39 is 17.5 Å². The highest BCUT2D eigenvalue weighted by atomic mass is 16.6. The first-order chi connectivity index (χ1) is 8.47. The van der Waals surface area contributed by atoms with E-state index in [2.05, 4.69) is 20.7 Å². The molecule has 0 bridgehead atoms. The Labute approximate surface area is 103 Å². The van der Waals surface area contributed by atoms with Crippen LogP contribution in [0.15, 0.2) is 43.6 Å². The van der Waals surface area contributed by atoms with E-state index in [9.17, 15) is 9.90 Å². The van der Waals surface area contributed by atoms with Gasteiger partial charge in [-0.15, -0.1) is 10.2 Å². The van der Waals surface area contributed by atoms with Crippen LogP contribution in [-0.4, -0.2) is 18.2 Å². The van der Waals surface area contributed by atoms with Crippen LogP contribution in [0.3, 0.4) is 0 Å². The summed E-state index contributed by atoms with van der Waals surface area (Å²) in [6.45, 7) is 5.05. The Morgan fingerprint density at radius 1 is 1.39 bits per heavy atom. The van der Waals surface area contributed by atoms with Gasteiger partial charge in [-0.2, -0.15) is 0 Å². The molecule has 0 radical (unpaired) electrons. The standard InChI is InChI=1S/C10H12N4O4/c1-4-17-8(15)5-6(7-11-13-14-12-7)10(2,3)18-9(5)16/h15H,4H2,1-3H3/p-1. The van der Waals surface area contributed by atoms with Crippen molar-refractivity contribution < 1.29 is 19.4 Å². The number of hydrogen-bond acceptors (Lipinski definition) is 8. The zero-order chi connectivity index (χ0) is 13.3. The van der Waals surface area contributed by atoms with Crippen molar-refractivity contribution in [2.45, 2.75) is 26.4 Å². The Kier molecular flexibility index (Phi) is 2.85. The summed E-state index contributed by atoms with van der Waals surface area (Å²) in [6.07, 6.45) is 0. The SMILES string of the molecule is CCOC([O-])=C1C(=O)OC(C)(C)C1=C1N=NN=N1. The van der Waals surface area contributed by atoms with Gasteiger partial charge < -0.3 is 14.6 Å². The van der Waals surface area contributed by atoms with Crippen LogP contribution in [0.1, 0.15) is 20.8 Å². The molecule has 0 aromatic carbocycles. The van der Waals surface area contributed by atoms with E-state index in [1.807, 2.05) is 0 Å². The molecule has 0 aromatic heterocycles. The van der Waals surface area contributed by atoms with Crippen LogP contribution in [0, 0.1) is 0 Å². The molecule has 0 N–H and O–H groups in total. The molecule has 1 saturated heterocycles. The molecule has 8 nitrogen and oxygen atoms in total. The molecule has 2 aliphatic heterocycles. The highest BCUT2D eigenvalue weighted by Gasteiger charge is 2.45. The average Bonchev–Trinajstić information content (AvgIpc) is 2.83. The zero-order valence-corrected chi connectivity index (χ0v) is 10.1. The van der Waals surface area contributed by atoms with Crippen LogP contribution >= 0.6 is 0 Å². The lowest BCUT2D eigenvalue weighted by atomic mass is 9.94. The highest BCUT2D eigenvalue weighted by molar-refractivity contribution is 5.98. The van der Waals surface area contributed by atoms with Gasteiger partial charge in [0.1, 0.15) is 5.60 Å². The zero-order valence-electron chi connectivity index (χ0n) is 10.1. The molecule has 2 heterocycles. The molecule has 0 spiro atoms. The Morgan fingerprint density at radius 2 is 2.00 bits per heavy atom.